The minimum absolute atomic E-state index is 0.137. The van der Waals surface area contributed by atoms with E-state index in [9.17, 15) is 0 Å². The highest BCUT2D eigenvalue weighted by molar-refractivity contribution is 5.85. The Kier molecular flexibility index (Phi) is 3.32. The number of para-hydroxylation sites is 1. The van der Waals surface area contributed by atoms with Crippen molar-refractivity contribution >= 4 is 10.9 Å². The van der Waals surface area contributed by atoms with E-state index in [1.54, 1.807) is 0 Å². The van der Waals surface area contributed by atoms with Crippen molar-refractivity contribution in [3.8, 4) is 0 Å². The van der Waals surface area contributed by atoms with E-state index in [2.05, 4.69) is 58.2 Å². The Hall–Kier alpha value is -2.07. The minimum atomic E-state index is 0.137. The number of hydrogen-bond acceptors (Lipinski definition) is 2. The van der Waals surface area contributed by atoms with Crippen molar-refractivity contribution in [2.24, 2.45) is 5.73 Å². The molecule has 1 atom stereocenters. The molecule has 0 spiro atoms. The van der Waals surface area contributed by atoms with Gasteiger partial charge in [-0.2, -0.15) is 5.10 Å². The maximum Gasteiger partial charge on any atom is 0.0713 e. The predicted molar refractivity (Wildman–Crippen MR) is 81.8 cm³/mol. The Morgan fingerprint density at radius 1 is 1.35 bits per heavy atom. The molecule has 4 heteroatoms. The Balaban J connectivity index is 2.17. The van der Waals surface area contributed by atoms with Crippen LogP contribution in [0.15, 0.2) is 36.5 Å². The number of fused-ring (bicyclic) bond motifs is 1. The zero-order valence-electron chi connectivity index (χ0n) is 11.9. The van der Waals surface area contributed by atoms with Gasteiger partial charge in [0.2, 0.25) is 0 Å². The van der Waals surface area contributed by atoms with Crippen LogP contribution in [-0.2, 0) is 6.54 Å². The minimum Gasteiger partial charge on any atom is -0.347 e. The summed E-state index contributed by atoms with van der Waals surface area (Å²) in [6.45, 7) is 5.69. The molecule has 2 aromatic heterocycles. The van der Waals surface area contributed by atoms with Crippen LogP contribution in [0.5, 0.6) is 0 Å². The highest BCUT2D eigenvalue weighted by atomic mass is 15.1. The molecule has 0 bridgehead atoms. The maximum atomic E-state index is 6.02. The third-order valence-corrected chi connectivity index (χ3v) is 3.85. The molecule has 3 rings (SSSR count). The van der Waals surface area contributed by atoms with E-state index in [1.807, 2.05) is 6.92 Å². The monoisotopic (exact) mass is 268 g/mol. The first-order chi connectivity index (χ1) is 9.74. The standard InChI is InChI=1S/C16H20N4/c1-3-20-10-14(12-6-4-5-7-16(12)20)13(9-17)15-8-11(2)18-19-15/h4-8,10,13H,3,9,17H2,1-2H3,(H,18,19). The number of nitrogens with zero attached hydrogens (tertiary/aromatic N) is 2. The summed E-state index contributed by atoms with van der Waals surface area (Å²) in [6.07, 6.45) is 2.21. The molecule has 0 amide bonds. The lowest BCUT2D eigenvalue weighted by molar-refractivity contribution is 0.757. The average Bonchev–Trinajstić information content (AvgIpc) is 3.05. The van der Waals surface area contributed by atoms with E-state index < -0.39 is 0 Å². The summed E-state index contributed by atoms with van der Waals surface area (Å²) in [4.78, 5) is 0. The molecule has 2 heterocycles. The Labute approximate surface area is 118 Å². The molecule has 1 aromatic carbocycles. The van der Waals surface area contributed by atoms with Crippen molar-refractivity contribution in [2.75, 3.05) is 6.54 Å². The van der Waals surface area contributed by atoms with Gasteiger partial charge in [-0.15, -0.1) is 0 Å². The lowest BCUT2D eigenvalue weighted by Gasteiger charge is -2.11. The molecule has 0 aliphatic rings. The van der Waals surface area contributed by atoms with Gasteiger partial charge in [0.15, 0.2) is 0 Å². The summed E-state index contributed by atoms with van der Waals surface area (Å²) in [6, 6.07) is 10.6. The second-order valence-corrected chi connectivity index (χ2v) is 5.15. The van der Waals surface area contributed by atoms with E-state index in [0.29, 0.717) is 6.54 Å². The summed E-state index contributed by atoms with van der Waals surface area (Å²) < 4.78 is 2.27. The van der Waals surface area contributed by atoms with E-state index in [4.69, 9.17) is 5.73 Å². The third kappa shape index (κ3) is 2.02. The van der Waals surface area contributed by atoms with Crippen LogP contribution in [0, 0.1) is 6.92 Å². The van der Waals surface area contributed by atoms with Gasteiger partial charge in [-0.3, -0.25) is 5.10 Å². The first kappa shape index (κ1) is 12.9. The second-order valence-electron chi connectivity index (χ2n) is 5.15. The summed E-state index contributed by atoms with van der Waals surface area (Å²) in [5.74, 6) is 0.137. The van der Waals surface area contributed by atoms with Crippen molar-refractivity contribution in [2.45, 2.75) is 26.3 Å². The SMILES string of the molecule is CCn1cc(C(CN)c2cc(C)[nH]n2)c2ccccc21. The lowest BCUT2D eigenvalue weighted by Crippen LogP contribution is -2.14. The van der Waals surface area contributed by atoms with Gasteiger partial charge < -0.3 is 10.3 Å². The first-order valence-electron chi connectivity index (χ1n) is 7.04. The molecule has 0 saturated carbocycles. The zero-order chi connectivity index (χ0) is 14.1. The van der Waals surface area contributed by atoms with Gasteiger partial charge in [0, 0.05) is 41.8 Å². The number of aryl methyl sites for hydroxylation is 2. The molecule has 0 radical (unpaired) electrons. The number of nitrogens with one attached hydrogen (secondary N) is 1. The molecular weight excluding hydrogens is 248 g/mol. The highest BCUT2D eigenvalue weighted by Gasteiger charge is 2.20. The molecule has 104 valence electrons. The molecule has 3 N–H and O–H groups in total. The number of nitrogens with two attached hydrogens (primary N) is 1. The van der Waals surface area contributed by atoms with E-state index >= 15 is 0 Å². The number of aromatic amines is 1. The Bertz CT molecular complexity index is 723. The first-order valence-corrected chi connectivity index (χ1v) is 7.04. The number of H-pyrrole nitrogens is 1. The van der Waals surface area contributed by atoms with Gasteiger partial charge in [0.25, 0.3) is 0 Å². The van der Waals surface area contributed by atoms with Crippen LogP contribution in [0.25, 0.3) is 10.9 Å². The molecular formula is C16H20N4. The molecule has 1 unspecified atom stereocenters. The average molecular weight is 268 g/mol. The van der Waals surface area contributed by atoms with Crippen molar-refractivity contribution in [1.29, 1.82) is 0 Å². The van der Waals surface area contributed by atoms with Gasteiger partial charge in [0.1, 0.15) is 0 Å². The lowest BCUT2D eigenvalue weighted by atomic mass is 9.95. The van der Waals surface area contributed by atoms with Gasteiger partial charge in [-0.1, -0.05) is 18.2 Å². The van der Waals surface area contributed by atoms with E-state index in [-0.39, 0.29) is 5.92 Å². The van der Waals surface area contributed by atoms with Crippen LogP contribution in [0.3, 0.4) is 0 Å². The second kappa shape index (κ2) is 5.13. The van der Waals surface area contributed by atoms with Crippen LogP contribution >= 0.6 is 0 Å². The van der Waals surface area contributed by atoms with Gasteiger partial charge >= 0.3 is 0 Å². The predicted octanol–water partition coefficient (Wildman–Crippen LogP) is 2.78. The molecule has 20 heavy (non-hydrogen) atoms. The Morgan fingerprint density at radius 3 is 2.80 bits per heavy atom. The summed E-state index contributed by atoms with van der Waals surface area (Å²) in [7, 11) is 0. The fraction of sp³-hybridized carbons (Fsp3) is 0.312. The Morgan fingerprint density at radius 2 is 2.15 bits per heavy atom. The molecule has 0 aliphatic heterocycles. The third-order valence-electron chi connectivity index (χ3n) is 3.85. The van der Waals surface area contributed by atoms with E-state index in [0.717, 1.165) is 17.9 Å². The highest BCUT2D eigenvalue weighted by Crippen LogP contribution is 2.31. The van der Waals surface area contributed by atoms with E-state index in [1.165, 1.54) is 16.5 Å². The van der Waals surface area contributed by atoms with Crippen LogP contribution in [0.4, 0.5) is 0 Å². The molecule has 3 aromatic rings. The smallest absolute Gasteiger partial charge is 0.0713 e. The quantitative estimate of drug-likeness (QED) is 0.764. The number of benzene rings is 1. The number of rotatable bonds is 4. The molecule has 0 fully saturated rings. The van der Waals surface area contributed by atoms with Crippen LogP contribution in [0.2, 0.25) is 0 Å². The fourth-order valence-corrected chi connectivity index (χ4v) is 2.84. The summed E-state index contributed by atoms with van der Waals surface area (Å²) >= 11 is 0. The summed E-state index contributed by atoms with van der Waals surface area (Å²) in [5, 5.41) is 8.67. The fourth-order valence-electron chi connectivity index (χ4n) is 2.84. The summed E-state index contributed by atoms with van der Waals surface area (Å²) in [5.41, 5.74) is 10.6. The van der Waals surface area contributed by atoms with Crippen LogP contribution in [-0.4, -0.2) is 21.3 Å². The molecule has 0 aliphatic carbocycles. The normalized spacial score (nSPS) is 12.9. The van der Waals surface area contributed by atoms with Crippen LogP contribution in [0.1, 0.15) is 29.8 Å². The van der Waals surface area contributed by atoms with Gasteiger partial charge in [-0.05, 0) is 31.5 Å². The zero-order valence-corrected chi connectivity index (χ0v) is 11.9. The molecule has 4 nitrogen and oxygen atoms in total. The topological polar surface area (TPSA) is 59.6 Å². The molecule has 0 saturated heterocycles. The van der Waals surface area contributed by atoms with Crippen molar-refractivity contribution in [1.82, 2.24) is 14.8 Å². The number of aromatic nitrogens is 3. The van der Waals surface area contributed by atoms with Gasteiger partial charge in [0.05, 0.1) is 5.69 Å². The van der Waals surface area contributed by atoms with Crippen LogP contribution < -0.4 is 5.73 Å². The van der Waals surface area contributed by atoms with Crippen molar-refractivity contribution in [3.63, 3.8) is 0 Å². The van der Waals surface area contributed by atoms with Gasteiger partial charge in [-0.25, -0.2) is 0 Å². The van der Waals surface area contributed by atoms with Crippen molar-refractivity contribution < 1.29 is 0 Å². The largest absolute Gasteiger partial charge is 0.347 e. The van der Waals surface area contributed by atoms with Crippen molar-refractivity contribution in [3.05, 3.63) is 53.5 Å². The maximum absolute atomic E-state index is 6.02. The number of hydrogen-bond donors (Lipinski definition) is 2.